The van der Waals surface area contributed by atoms with E-state index in [-0.39, 0.29) is 5.92 Å². The minimum Gasteiger partial charge on any atom is -0.299 e. The fraction of sp³-hybridized carbons (Fsp3) is 0.455. The highest BCUT2D eigenvalue weighted by molar-refractivity contribution is 6.34. The molecule has 2 fully saturated rings. The van der Waals surface area contributed by atoms with Gasteiger partial charge in [0.05, 0.1) is 5.02 Å². The minimum atomic E-state index is -0.525. The first kappa shape index (κ1) is 18.9. The minimum absolute atomic E-state index is 0.131. The van der Waals surface area contributed by atoms with Gasteiger partial charge < -0.3 is 0 Å². The molecule has 1 aliphatic heterocycles. The van der Waals surface area contributed by atoms with E-state index in [2.05, 4.69) is 21.2 Å². The van der Waals surface area contributed by atoms with Crippen molar-refractivity contribution in [1.29, 1.82) is 0 Å². The molecule has 0 radical (unpaired) electrons. The molecule has 3 heterocycles. The summed E-state index contributed by atoms with van der Waals surface area (Å²) < 4.78 is 29.2. The normalized spacial score (nSPS) is 18.6. The molecule has 29 heavy (non-hydrogen) atoms. The second kappa shape index (κ2) is 7.65. The number of fused-ring (bicyclic) bond motifs is 1. The van der Waals surface area contributed by atoms with Crippen molar-refractivity contribution in [2.24, 2.45) is 5.92 Å². The summed E-state index contributed by atoms with van der Waals surface area (Å²) in [7, 11) is 0. The molecule has 0 unspecified atom stereocenters. The molecular weight excluding hydrogens is 394 g/mol. The smallest absolute Gasteiger partial charge is 0.179 e. The van der Waals surface area contributed by atoms with Gasteiger partial charge >= 0.3 is 0 Å². The third-order valence-corrected chi connectivity index (χ3v) is 6.63. The summed E-state index contributed by atoms with van der Waals surface area (Å²) in [6.07, 6.45) is 7.23. The molecule has 0 atom stereocenters. The second-order valence-corrected chi connectivity index (χ2v) is 8.71. The van der Waals surface area contributed by atoms with E-state index >= 15 is 0 Å². The number of piperidine rings is 1. The zero-order valence-corrected chi connectivity index (χ0v) is 16.9. The molecular formula is C22H23ClF2N4. The Labute approximate surface area is 173 Å². The highest BCUT2D eigenvalue weighted by Gasteiger charge is 2.26. The summed E-state index contributed by atoms with van der Waals surface area (Å²) in [6.45, 7) is 2.43. The van der Waals surface area contributed by atoms with Gasteiger partial charge in [-0.25, -0.2) is 8.78 Å². The van der Waals surface area contributed by atoms with E-state index in [4.69, 9.17) is 11.6 Å². The molecule has 0 bridgehead atoms. The van der Waals surface area contributed by atoms with Gasteiger partial charge in [-0.2, -0.15) is 0 Å². The summed E-state index contributed by atoms with van der Waals surface area (Å²) in [5.41, 5.74) is 2.39. The zero-order chi connectivity index (χ0) is 20.0. The highest BCUT2D eigenvalue weighted by atomic mass is 35.5. The molecule has 152 valence electrons. The topological polar surface area (TPSA) is 33.4 Å². The van der Waals surface area contributed by atoms with E-state index in [9.17, 15) is 8.78 Å². The molecule has 4 nitrogen and oxygen atoms in total. The van der Waals surface area contributed by atoms with Gasteiger partial charge in [-0.3, -0.25) is 9.30 Å². The second-order valence-electron chi connectivity index (χ2n) is 8.33. The SMILES string of the molecule is Fc1ccc(C2CCN(Cc3ccn4c(CC5CC5)nnc4c3Cl)CC2)c(F)c1. The maximum Gasteiger partial charge on any atom is 0.179 e. The Morgan fingerprint density at radius 1 is 1.03 bits per heavy atom. The summed E-state index contributed by atoms with van der Waals surface area (Å²) in [6, 6.07) is 5.96. The molecule has 2 aliphatic rings. The fourth-order valence-corrected chi connectivity index (χ4v) is 4.58. The lowest BCUT2D eigenvalue weighted by molar-refractivity contribution is 0.203. The summed E-state index contributed by atoms with van der Waals surface area (Å²) >= 11 is 6.65. The Hall–Kier alpha value is -2.05. The van der Waals surface area contributed by atoms with Gasteiger partial charge in [0.25, 0.3) is 0 Å². The number of halogens is 3. The lowest BCUT2D eigenvalue weighted by Gasteiger charge is -2.32. The van der Waals surface area contributed by atoms with Gasteiger partial charge in [-0.05, 0) is 73.9 Å². The van der Waals surface area contributed by atoms with Crippen LogP contribution in [0.3, 0.4) is 0 Å². The lowest BCUT2D eigenvalue weighted by atomic mass is 9.89. The van der Waals surface area contributed by atoms with Crippen molar-refractivity contribution in [3.05, 3.63) is 64.1 Å². The van der Waals surface area contributed by atoms with E-state index in [0.717, 1.165) is 67.9 Å². The van der Waals surface area contributed by atoms with Crippen molar-refractivity contribution in [3.8, 4) is 0 Å². The molecule has 1 saturated heterocycles. The number of benzene rings is 1. The molecule has 7 heteroatoms. The standard InChI is InChI=1S/C22H23ClF2N4/c23-21-16(7-10-29-20(11-14-1-2-14)26-27-22(21)29)13-28-8-5-15(6-9-28)18-4-3-17(24)12-19(18)25/h3-4,7,10,12,14-15H,1-2,5-6,8-9,11,13H2. The van der Waals surface area contributed by atoms with Crippen LogP contribution in [0.5, 0.6) is 0 Å². The number of pyridine rings is 1. The molecule has 5 rings (SSSR count). The van der Waals surface area contributed by atoms with Gasteiger partial charge in [-0.15, -0.1) is 10.2 Å². The van der Waals surface area contributed by atoms with Crippen LogP contribution in [0.15, 0.2) is 30.5 Å². The van der Waals surface area contributed by atoms with Crippen LogP contribution in [-0.4, -0.2) is 32.6 Å². The predicted molar refractivity (Wildman–Crippen MR) is 108 cm³/mol. The average Bonchev–Trinajstić information content (AvgIpc) is 3.43. The Morgan fingerprint density at radius 2 is 1.83 bits per heavy atom. The third-order valence-electron chi connectivity index (χ3n) is 6.22. The van der Waals surface area contributed by atoms with Crippen molar-refractivity contribution in [2.45, 2.75) is 44.6 Å². The lowest BCUT2D eigenvalue weighted by Crippen LogP contribution is -2.32. The van der Waals surface area contributed by atoms with Crippen LogP contribution >= 0.6 is 11.6 Å². The number of hydrogen-bond donors (Lipinski definition) is 0. The van der Waals surface area contributed by atoms with Gasteiger partial charge in [0.2, 0.25) is 0 Å². The van der Waals surface area contributed by atoms with Gasteiger partial charge in [0.15, 0.2) is 5.65 Å². The molecule has 0 amide bonds. The number of hydrogen-bond acceptors (Lipinski definition) is 3. The van der Waals surface area contributed by atoms with Crippen molar-refractivity contribution >= 4 is 17.2 Å². The molecule has 1 aromatic carbocycles. The van der Waals surface area contributed by atoms with E-state index < -0.39 is 11.6 Å². The molecule has 1 aliphatic carbocycles. The first-order valence-corrected chi connectivity index (χ1v) is 10.6. The van der Waals surface area contributed by atoms with Crippen LogP contribution in [0, 0.1) is 17.6 Å². The van der Waals surface area contributed by atoms with Crippen molar-refractivity contribution < 1.29 is 8.78 Å². The van der Waals surface area contributed by atoms with Gasteiger partial charge in [-0.1, -0.05) is 17.7 Å². The molecule has 1 saturated carbocycles. The fourth-order valence-electron chi connectivity index (χ4n) is 4.33. The van der Waals surface area contributed by atoms with Crippen molar-refractivity contribution in [3.63, 3.8) is 0 Å². The van der Waals surface area contributed by atoms with Crippen molar-refractivity contribution in [2.75, 3.05) is 13.1 Å². The highest BCUT2D eigenvalue weighted by Crippen LogP contribution is 2.34. The maximum absolute atomic E-state index is 14.1. The Balaban J connectivity index is 1.26. The van der Waals surface area contributed by atoms with E-state index in [1.54, 1.807) is 6.07 Å². The zero-order valence-electron chi connectivity index (χ0n) is 16.1. The van der Waals surface area contributed by atoms with E-state index in [1.165, 1.54) is 18.9 Å². The number of aromatic nitrogens is 3. The molecule has 0 spiro atoms. The molecule has 2 aromatic heterocycles. The Kier molecular flexibility index (Phi) is 5.00. The number of rotatable bonds is 5. The maximum atomic E-state index is 14.1. The van der Waals surface area contributed by atoms with E-state index in [0.29, 0.717) is 10.6 Å². The van der Waals surface area contributed by atoms with Crippen LogP contribution in [0.4, 0.5) is 8.78 Å². The first-order valence-electron chi connectivity index (χ1n) is 10.3. The first-order chi connectivity index (χ1) is 14.1. The van der Waals surface area contributed by atoms with Crippen LogP contribution in [0.25, 0.3) is 5.65 Å². The van der Waals surface area contributed by atoms with E-state index in [1.807, 2.05) is 10.6 Å². The summed E-state index contributed by atoms with van der Waals surface area (Å²) in [4.78, 5) is 2.33. The van der Waals surface area contributed by atoms with Gasteiger partial charge in [0, 0.05) is 25.2 Å². The van der Waals surface area contributed by atoms with Crippen molar-refractivity contribution in [1.82, 2.24) is 19.5 Å². The summed E-state index contributed by atoms with van der Waals surface area (Å²) in [5, 5.41) is 9.31. The molecule has 0 N–H and O–H groups in total. The monoisotopic (exact) mass is 416 g/mol. The summed E-state index contributed by atoms with van der Waals surface area (Å²) in [5.74, 6) is 0.894. The Bertz CT molecular complexity index is 1040. The van der Waals surface area contributed by atoms with Crippen LogP contribution in [-0.2, 0) is 13.0 Å². The molecule has 3 aromatic rings. The predicted octanol–water partition coefficient (Wildman–Crippen LogP) is 4.99. The van der Waals surface area contributed by atoms with Crippen LogP contribution in [0.1, 0.15) is 48.6 Å². The van der Waals surface area contributed by atoms with Crippen LogP contribution < -0.4 is 0 Å². The Morgan fingerprint density at radius 3 is 2.55 bits per heavy atom. The van der Waals surface area contributed by atoms with Crippen LogP contribution in [0.2, 0.25) is 5.02 Å². The number of likely N-dealkylation sites (tertiary alicyclic amines) is 1. The number of nitrogens with zero attached hydrogens (tertiary/aromatic N) is 4. The largest absolute Gasteiger partial charge is 0.299 e. The van der Waals surface area contributed by atoms with Gasteiger partial charge in [0.1, 0.15) is 17.5 Å². The quantitative estimate of drug-likeness (QED) is 0.587. The average molecular weight is 417 g/mol. The third kappa shape index (κ3) is 3.88.